The molecule has 0 bridgehead atoms. The maximum atomic E-state index is 12.2. The molecule has 1 atom stereocenters. The van der Waals surface area contributed by atoms with E-state index in [9.17, 15) is 4.79 Å². The summed E-state index contributed by atoms with van der Waals surface area (Å²) in [4.78, 5) is 12.9. The number of hydrogen-bond acceptors (Lipinski definition) is 4. The second kappa shape index (κ2) is 7.85. The Morgan fingerprint density at radius 3 is 2.76 bits per heavy atom. The highest BCUT2D eigenvalue weighted by molar-refractivity contribution is 8.05. The van der Waals surface area contributed by atoms with E-state index in [0.29, 0.717) is 16.5 Å². The normalized spacial score (nSPS) is 18.3. The number of nitrogens with one attached hydrogen (secondary N) is 2. The number of hydrogen-bond donors (Lipinski definition) is 2. The molecule has 0 aromatic heterocycles. The van der Waals surface area contributed by atoms with Crippen molar-refractivity contribution in [3.63, 3.8) is 0 Å². The molecule has 25 heavy (non-hydrogen) atoms. The Labute approximate surface area is 156 Å². The molecule has 1 fully saturated rings. The van der Waals surface area contributed by atoms with Crippen LogP contribution in [0, 0.1) is 6.92 Å². The number of rotatable bonds is 5. The second-order valence-electron chi connectivity index (χ2n) is 5.59. The number of benzene rings is 2. The minimum atomic E-state index is -0.224. The molecule has 0 aliphatic carbocycles. The predicted molar refractivity (Wildman–Crippen MR) is 105 cm³/mol. The van der Waals surface area contributed by atoms with E-state index in [1.54, 1.807) is 0 Å². The first-order chi connectivity index (χ1) is 12.0. The van der Waals surface area contributed by atoms with Gasteiger partial charge in [0.1, 0.15) is 5.75 Å². The molecule has 6 heteroatoms. The van der Waals surface area contributed by atoms with Crippen LogP contribution in [0.4, 0.5) is 5.69 Å². The van der Waals surface area contributed by atoms with Crippen LogP contribution in [0.1, 0.15) is 18.1 Å². The number of halogens is 1. The van der Waals surface area contributed by atoms with Crippen LogP contribution in [0.2, 0.25) is 5.02 Å². The largest absolute Gasteiger partial charge is 0.494 e. The topological polar surface area (TPSA) is 50.4 Å². The Kier molecular flexibility index (Phi) is 5.56. The number of thioether (sulfide) groups is 1. The summed E-state index contributed by atoms with van der Waals surface area (Å²) in [5.74, 6) is 0.736. The molecule has 0 radical (unpaired) electrons. The van der Waals surface area contributed by atoms with Gasteiger partial charge in [0.05, 0.1) is 11.5 Å². The Morgan fingerprint density at radius 1 is 1.28 bits per heavy atom. The van der Waals surface area contributed by atoms with Crippen molar-refractivity contribution in [3.8, 4) is 5.75 Å². The summed E-state index contributed by atoms with van der Waals surface area (Å²) in [5.41, 5.74) is 2.72. The van der Waals surface area contributed by atoms with Crippen molar-refractivity contribution in [3.05, 3.63) is 63.5 Å². The molecule has 1 heterocycles. The van der Waals surface area contributed by atoms with E-state index in [1.807, 2.05) is 62.4 Å². The lowest BCUT2D eigenvalue weighted by atomic mass is 10.2. The number of aryl methyl sites for hydroxylation is 1. The SMILES string of the molecule is CCOc1ccc(/C=C2\SC(Nc3cc(Cl)ccc3C)NC2=O)cc1. The van der Waals surface area contributed by atoms with Crippen molar-refractivity contribution in [1.29, 1.82) is 0 Å². The van der Waals surface area contributed by atoms with Crippen molar-refractivity contribution in [2.24, 2.45) is 0 Å². The highest BCUT2D eigenvalue weighted by Gasteiger charge is 2.27. The van der Waals surface area contributed by atoms with Gasteiger partial charge in [0.2, 0.25) is 0 Å². The minimum Gasteiger partial charge on any atom is -0.494 e. The lowest BCUT2D eigenvalue weighted by molar-refractivity contribution is -0.116. The van der Waals surface area contributed by atoms with Crippen molar-refractivity contribution < 1.29 is 9.53 Å². The van der Waals surface area contributed by atoms with Gasteiger partial charge in [-0.1, -0.05) is 41.6 Å². The number of carbonyl (C=O) groups is 1. The Bertz CT molecular complexity index is 806. The fourth-order valence-electron chi connectivity index (χ4n) is 2.43. The monoisotopic (exact) mass is 374 g/mol. The van der Waals surface area contributed by atoms with Gasteiger partial charge in [-0.25, -0.2) is 0 Å². The van der Waals surface area contributed by atoms with Crippen LogP contribution in [-0.4, -0.2) is 18.0 Å². The summed E-state index contributed by atoms with van der Waals surface area (Å²) in [7, 11) is 0. The number of anilines is 1. The van der Waals surface area contributed by atoms with Gasteiger partial charge in [-0.2, -0.15) is 0 Å². The summed E-state index contributed by atoms with van der Waals surface area (Å²) in [6, 6.07) is 13.3. The fourth-order valence-corrected chi connectivity index (χ4v) is 3.58. The zero-order valence-corrected chi connectivity index (χ0v) is 15.6. The van der Waals surface area contributed by atoms with E-state index in [-0.39, 0.29) is 11.4 Å². The average Bonchev–Trinajstić information content (AvgIpc) is 2.92. The molecule has 4 nitrogen and oxygen atoms in total. The molecular weight excluding hydrogens is 356 g/mol. The molecule has 2 aromatic rings. The van der Waals surface area contributed by atoms with Gasteiger partial charge in [-0.05, 0) is 55.3 Å². The highest BCUT2D eigenvalue weighted by Crippen LogP contribution is 2.31. The first-order valence-electron chi connectivity index (χ1n) is 8.00. The van der Waals surface area contributed by atoms with Gasteiger partial charge in [-0.3, -0.25) is 4.79 Å². The van der Waals surface area contributed by atoms with Crippen LogP contribution < -0.4 is 15.4 Å². The molecule has 1 saturated heterocycles. The Balaban J connectivity index is 1.70. The quantitative estimate of drug-likeness (QED) is 0.748. The van der Waals surface area contributed by atoms with Crippen LogP contribution in [-0.2, 0) is 4.79 Å². The van der Waals surface area contributed by atoms with E-state index in [0.717, 1.165) is 22.6 Å². The lowest BCUT2D eigenvalue weighted by Gasteiger charge is -2.15. The molecule has 0 saturated carbocycles. The standard InChI is InChI=1S/C19H19ClN2O2S/c1-3-24-15-8-5-13(6-9-15)10-17-18(23)22-19(25-17)21-16-11-14(20)7-4-12(16)2/h4-11,19,21H,3H2,1-2H3,(H,22,23)/b17-10-. The molecule has 1 aliphatic heterocycles. The van der Waals surface area contributed by atoms with Crippen LogP contribution >= 0.6 is 23.4 Å². The smallest absolute Gasteiger partial charge is 0.260 e. The number of carbonyl (C=O) groups excluding carboxylic acids is 1. The average molecular weight is 375 g/mol. The molecule has 2 aromatic carbocycles. The molecule has 0 spiro atoms. The van der Waals surface area contributed by atoms with Crippen molar-refractivity contribution in [2.75, 3.05) is 11.9 Å². The molecular formula is C19H19ClN2O2S. The molecule has 1 unspecified atom stereocenters. The first-order valence-corrected chi connectivity index (χ1v) is 9.25. The van der Waals surface area contributed by atoms with Crippen molar-refractivity contribution in [2.45, 2.75) is 19.3 Å². The summed E-state index contributed by atoms with van der Waals surface area (Å²) in [5, 5.41) is 6.90. The third kappa shape index (κ3) is 4.50. The van der Waals surface area contributed by atoms with E-state index >= 15 is 0 Å². The number of amides is 1. The minimum absolute atomic E-state index is 0.0870. The fraction of sp³-hybridized carbons (Fsp3) is 0.211. The van der Waals surface area contributed by atoms with Gasteiger partial charge < -0.3 is 15.4 Å². The van der Waals surface area contributed by atoms with E-state index in [4.69, 9.17) is 16.3 Å². The Morgan fingerprint density at radius 2 is 2.04 bits per heavy atom. The highest BCUT2D eigenvalue weighted by atomic mass is 35.5. The van der Waals surface area contributed by atoms with Crippen LogP contribution in [0.25, 0.3) is 6.08 Å². The van der Waals surface area contributed by atoms with E-state index in [2.05, 4.69) is 10.6 Å². The van der Waals surface area contributed by atoms with Gasteiger partial charge in [-0.15, -0.1) is 0 Å². The first kappa shape index (κ1) is 17.7. The van der Waals surface area contributed by atoms with Gasteiger partial charge in [0.25, 0.3) is 5.91 Å². The Hall–Kier alpha value is -2.11. The van der Waals surface area contributed by atoms with Gasteiger partial charge >= 0.3 is 0 Å². The van der Waals surface area contributed by atoms with Crippen molar-refractivity contribution >= 4 is 41.0 Å². The van der Waals surface area contributed by atoms with E-state index in [1.165, 1.54) is 11.8 Å². The molecule has 1 aliphatic rings. The summed E-state index contributed by atoms with van der Waals surface area (Å²) in [6.45, 7) is 4.58. The molecule has 2 N–H and O–H groups in total. The summed E-state index contributed by atoms with van der Waals surface area (Å²) < 4.78 is 5.43. The second-order valence-corrected chi connectivity index (χ2v) is 7.17. The third-order valence-electron chi connectivity index (χ3n) is 3.71. The number of ether oxygens (including phenoxy) is 1. The van der Waals surface area contributed by atoms with Gasteiger partial charge in [0.15, 0.2) is 5.50 Å². The zero-order valence-electron chi connectivity index (χ0n) is 14.0. The van der Waals surface area contributed by atoms with Crippen LogP contribution in [0.15, 0.2) is 47.4 Å². The lowest BCUT2D eigenvalue weighted by Crippen LogP contribution is -2.31. The van der Waals surface area contributed by atoms with Crippen LogP contribution in [0.3, 0.4) is 0 Å². The maximum absolute atomic E-state index is 12.2. The van der Waals surface area contributed by atoms with E-state index < -0.39 is 0 Å². The van der Waals surface area contributed by atoms with Crippen molar-refractivity contribution in [1.82, 2.24) is 5.32 Å². The molecule has 1 amide bonds. The third-order valence-corrected chi connectivity index (χ3v) is 4.97. The molecule has 3 rings (SSSR count). The summed E-state index contributed by atoms with van der Waals surface area (Å²) >= 11 is 7.50. The van der Waals surface area contributed by atoms with Crippen LogP contribution in [0.5, 0.6) is 5.75 Å². The zero-order chi connectivity index (χ0) is 17.8. The maximum Gasteiger partial charge on any atom is 0.260 e. The predicted octanol–water partition coefficient (Wildman–Crippen LogP) is 4.65. The molecule has 130 valence electrons. The summed E-state index contributed by atoms with van der Waals surface area (Å²) in [6.07, 6.45) is 1.88. The van der Waals surface area contributed by atoms with Gasteiger partial charge in [0, 0.05) is 10.7 Å².